The summed E-state index contributed by atoms with van der Waals surface area (Å²) in [5.74, 6) is 0.189. The van der Waals surface area contributed by atoms with Gasteiger partial charge in [0.05, 0.1) is 6.61 Å². The van der Waals surface area contributed by atoms with Crippen molar-refractivity contribution in [3.63, 3.8) is 0 Å². The Hall–Kier alpha value is -1.37. The Bertz CT molecular complexity index is 563. The molecule has 1 aromatic heterocycles. The molecule has 0 aliphatic heterocycles. The van der Waals surface area contributed by atoms with Gasteiger partial charge in [-0.1, -0.05) is 15.9 Å². The molecular formula is C14H15BrFN3O. The highest BCUT2D eigenvalue weighted by Gasteiger charge is 2.07. The summed E-state index contributed by atoms with van der Waals surface area (Å²) >= 11 is 3.37. The Morgan fingerprint density at radius 2 is 2.05 bits per heavy atom. The standard InChI is InChI=1S/C14H15BrFN3O/c1-20-5-4-17-7-10-8-18-14(19-9-10)12-6-11(16)2-3-13(12)15/h2-3,6,8-9,17H,4-5,7H2,1H3. The van der Waals surface area contributed by atoms with Crippen LogP contribution in [0.5, 0.6) is 0 Å². The first-order chi connectivity index (χ1) is 9.70. The van der Waals surface area contributed by atoms with E-state index in [1.807, 2.05) is 0 Å². The molecule has 1 N–H and O–H groups in total. The van der Waals surface area contributed by atoms with Crippen molar-refractivity contribution in [1.82, 2.24) is 15.3 Å². The summed E-state index contributed by atoms with van der Waals surface area (Å²) in [5.41, 5.74) is 1.61. The van der Waals surface area contributed by atoms with Gasteiger partial charge in [0.2, 0.25) is 0 Å². The van der Waals surface area contributed by atoms with E-state index >= 15 is 0 Å². The maximum absolute atomic E-state index is 13.3. The number of rotatable bonds is 6. The molecule has 0 spiro atoms. The van der Waals surface area contributed by atoms with Crippen LogP contribution in [0.4, 0.5) is 4.39 Å². The average molecular weight is 340 g/mol. The van der Waals surface area contributed by atoms with Crippen LogP contribution in [0, 0.1) is 5.82 Å². The topological polar surface area (TPSA) is 47.0 Å². The van der Waals surface area contributed by atoms with Crippen LogP contribution >= 0.6 is 15.9 Å². The lowest BCUT2D eigenvalue weighted by Crippen LogP contribution is -2.18. The second kappa shape index (κ2) is 7.42. The lowest BCUT2D eigenvalue weighted by Gasteiger charge is -2.06. The minimum atomic E-state index is -0.308. The minimum absolute atomic E-state index is 0.308. The van der Waals surface area contributed by atoms with Crippen molar-refractivity contribution < 1.29 is 9.13 Å². The number of benzene rings is 1. The molecule has 0 radical (unpaired) electrons. The Labute approximate surface area is 125 Å². The zero-order valence-corrected chi connectivity index (χ0v) is 12.7. The third kappa shape index (κ3) is 4.06. The van der Waals surface area contributed by atoms with E-state index in [1.165, 1.54) is 12.1 Å². The first-order valence-electron chi connectivity index (χ1n) is 6.16. The molecule has 1 aromatic carbocycles. The highest BCUT2D eigenvalue weighted by atomic mass is 79.9. The fourth-order valence-electron chi connectivity index (χ4n) is 1.66. The predicted molar refractivity (Wildman–Crippen MR) is 78.7 cm³/mol. The first-order valence-corrected chi connectivity index (χ1v) is 6.96. The molecule has 2 rings (SSSR count). The van der Waals surface area contributed by atoms with Gasteiger partial charge in [0.15, 0.2) is 5.82 Å². The highest BCUT2D eigenvalue weighted by Crippen LogP contribution is 2.25. The molecule has 0 unspecified atom stereocenters. The number of methoxy groups -OCH3 is 1. The molecule has 0 saturated carbocycles. The summed E-state index contributed by atoms with van der Waals surface area (Å²) in [6, 6.07) is 4.45. The van der Waals surface area contributed by atoms with E-state index in [1.54, 1.807) is 25.6 Å². The van der Waals surface area contributed by atoms with E-state index in [2.05, 4.69) is 31.2 Å². The van der Waals surface area contributed by atoms with Gasteiger partial charge in [-0.15, -0.1) is 0 Å². The Morgan fingerprint density at radius 3 is 2.75 bits per heavy atom. The van der Waals surface area contributed by atoms with Crippen LogP contribution in [0.1, 0.15) is 5.56 Å². The number of nitrogens with zero attached hydrogens (tertiary/aromatic N) is 2. The van der Waals surface area contributed by atoms with Crippen LogP contribution in [0.3, 0.4) is 0 Å². The average Bonchev–Trinajstić information content (AvgIpc) is 2.47. The molecule has 0 aliphatic carbocycles. The van der Waals surface area contributed by atoms with Crippen LogP contribution in [-0.2, 0) is 11.3 Å². The van der Waals surface area contributed by atoms with E-state index in [9.17, 15) is 4.39 Å². The molecule has 20 heavy (non-hydrogen) atoms. The van der Waals surface area contributed by atoms with Crippen molar-refractivity contribution in [2.24, 2.45) is 0 Å². The first kappa shape index (κ1) is 15.0. The molecule has 0 amide bonds. The van der Waals surface area contributed by atoms with Crippen molar-refractivity contribution in [2.45, 2.75) is 6.54 Å². The largest absolute Gasteiger partial charge is 0.383 e. The summed E-state index contributed by atoms with van der Waals surface area (Å²) in [7, 11) is 1.66. The highest BCUT2D eigenvalue weighted by molar-refractivity contribution is 9.10. The van der Waals surface area contributed by atoms with Crippen LogP contribution in [0.25, 0.3) is 11.4 Å². The van der Waals surface area contributed by atoms with E-state index in [0.717, 1.165) is 16.6 Å². The summed E-state index contributed by atoms with van der Waals surface area (Å²) in [6.45, 7) is 2.11. The van der Waals surface area contributed by atoms with Crippen molar-refractivity contribution in [2.75, 3.05) is 20.3 Å². The number of halogens is 2. The molecule has 4 nitrogen and oxygen atoms in total. The summed E-state index contributed by atoms with van der Waals surface area (Å²) in [4.78, 5) is 8.54. The van der Waals surface area contributed by atoms with Gasteiger partial charge in [-0.2, -0.15) is 0 Å². The summed E-state index contributed by atoms with van der Waals surface area (Å²) < 4.78 is 19.0. The fraction of sp³-hybridized carbons (Fsp3) is 0.286. The number of aromatic nitrogens is 2. The van der Waals surface area contributed by atoms with Crippen molar-refractivity contribution >= 4 is 15.9 Å². The molecule has 0 bridgehead atoms. The third-order valence-electron chi connectivity index (χ3n) is 2.69. The van der Waals surface area contributed by atoms with Gasteiger partial charge in [0.1, 0.15) is 5.82 Å². The van der Waals surface area contributed by atoms with Gasteiger partial charge >= 0.3 is 0 Å². The number of nitrogens with one attached hydrogen (secondary N) is 1. The molecule has 2 aromatic rings. The lowest BCUT2D eigenvalue weighted by atomic mass is 10.2. The molecule has 0 fully saturated rings. The normalized spacial score (nSPS) is 10.8. The Kier molecular flexibility index (Phi) is 5.58. The predicted octanol–water partition coefficient (Wildman–Crippen LogP) is 2.78. The van der Waals surface area contributed by atoms with Crippen LogP contribution < -0.4 is 5.32 Å². The van der Waals surface area contributed by atoms with E-state index in [-0.39, 0.29) is 5.82 Å². The van der Waals surface area contributed by atoms with Gasteiger partial charge in [-0.3, -0.25) is 0 Å². The van der Waals surface area contributed by atoms with Crippen molar-refractivity contribution in [3.05, 3.63) is 46.4 Å². The molecule has 0 aliphatic rings. The molecule has 0 saturated heterocycles. The van der Waals surface area contributed by atoms with Gasteiger partial charge < -0.3 is 10.1 Å². The number of hydrogen-bond acceptors (Lipinski definition) is 4. The summed E-state index contributed by atoms with van der Waals surface area (Å²) in [5, 5.41) is 3.21. The number of ether oxygens (including phenoxy) is 1. The van der Waals surface area contributed by atoms with Gasteiger partial charge in [0, 0.05) is 48.2 Å². The minimum Gasteiger partial charge on any atom is -0.383 e. The monoisotopic (exact) mass is 339 g/mol. The molecule has 0 atom stereocenters. The molecular weight excluding hydrogens is 325 g/mol. The van der Waals surface area contributed by atoms with Crippen LogP contribution in [-0.4, -0.2) is 30.2 Å². The Balaban J connectivity index is 2.06. The van der Waals surface area contributed by atoms with E-state index in [0.29, 0.717) is 24.5 Å². The van der Waals surface area contributed by atoms with Crippen LogP contribution in [0.15, 0.2) is 35.1 Å². The molecule has 106 valence electrons. The van der Waals surface area contributed by atoms with Crippen molar-refractivity contribution in [3.8, 4) is 11.4 Å². The second-order valence-electron chi connectivity index (χ2n) is 4.21. The SMILES string of the molecule is COCCNCc1cnc(-c2cc(F)ccc2Br)nc1. The summed E-state index contributed by atoms with van der Waals surface area (Å²) in [6.07, 6.45) is 3.47. The lowest BCUT2D eigenvalue weighted by molar-refractivity contribution is 0.199. The third-order valence-corrected chi connectivity index (χ3v) is 3.38. The molecule has 1 heterocycles. The zero-order valence-electron chi connectivity index (χ0n) is 11.1. The van der Waals surface area contributed by atoms with E-state index < -0.39 is 0 Å². The van der Waals surface area contributed by atoms with Gasteiger partial charge in [-0.05, 0) is 18.2 Å². The van der Waals surface area contributed by atoms with Crippen molar-refractivity contribution in [1.29, 1.82) is 0 Å². The molecule has 6 heteroatoms. The van der Waals surface area contributed by atoms with Gasteiger partial charge in [0.25, 0.3) is 0 Å². The maximum atomic E-state index is 13.3. The Morgan fingerprint density at radius 1 is 1.30 bits per heavy atom. The quantitative estimate of drug-likeness (QED) is 0.822. The number of hydrogen-bond donors (Lipinski definition) is 1. The zero-order chi connectivity index (χ0) is 14.4. The van der Waals surface area contributed by atoms with E-state index in [4.69, 9.17) is 4.74 Å². The maximum Gasteiger partial charge on any atom is 0.160 e. The fourth-order valence-corrected chi connectivity index (χ4v) is 2.08. The van der Waals surface area contributed by atoms with Gasteiger partial charge in [-0.25, -0.2) is 14.4 Å². The second-order valence-corrected chi connectivity index (χ2v) is 5.06. The smallest absolute Gasteiger partial charge is 0.160 e. The van der Waals surface area contributed by atoms with Crippen LogP contribution in [0.2, 0.25) is 0 Å².